The number of aryl methyl sites for hydroxylation is 1. The lowest BCUT2D eigenvalue weighted by Gasteiger charge is -2.24. The second kappa shape index (κ2) is 5.26. The molecule has 24 heavy (non-hydrogen) atoms. The van der Waals surface area contributed by atoms with E-state index in [9.17, 15) is 4.79 Å². The summed E-state index contributed by atoms with van der Waals surface area (Å²) in [5, 5.41) is 1.01. The number of nitrogens with zero attached hydrogens (tertiary/aromatic N) is 3. The third kappa shape index (κ3) is 2.22. The van der Waals surface area contributed by atoms with Gasteiger partial charge in [0.25, 0.3) is 0 Å². The summed E-state index contributed by atoms with van der Waals surface area (Å²) in [6.07, 6.45) is 3.63. The van der Waals surface area contributed by atoms with Crippen molar-refractivity contribution in [2.45, 2.75) is 51.2 Å². The smallest absolute Gasteiger partial charge is 0.311 e. The van der Waals surface area contributed by atoms with Gasteiger partial charge in [0.1, 0.15) is 24.2 Å². The van der Waals surface area contributed by atoms with Gasteiger partial charge < -0.3 is 18.8 Å². The maximum Gasteiger partial charge on any atom is 0.311 e. The van der Waals surface area contributed by atoms with Crippen molar-refractivity contribution in [3.05, 3.63) is 24.3 Å². The van der Waals surface area contributed by atoms with Crippen molar-refractivity contribution in [3.63, 3.8) is 0 Å². The molecule has 1 saturated carbocycles. The first-order valence-electron chi connectivity index (χ1n) is 8.13. The Balaban J connectivity index is 1.77. The van der Waals surface area contributed by atoms with Crippen LogP contribution in [0.1, 0.15) is 32.0 Å². The van der Waals surface area contributed by atoms with Crippen LogP contribution in [-0.4, -0.2) is 45.6 Å². The molecule has 0 bridgehead atoms. The molecule has 128 valence electrons. The van der Waals surface area contributed by atoms with E-state index in [2.05, 4.69) is 14.5 Å². The van der Waals surface area contributed by atoms with Gasteiger partial charge in [-0.15, -0.1) is 0 Å². The average Bonchev–Trinajstić information content (AvgIpc) is 3.18. The highest BCUT2D eigenvalue weighted by Crippen LogP contribution is 2.48. The Kier molecular flexibility index (Phi) is 3.40. The van der Waals surface area contributed by atoms with E-state index >= 15 is 0 Å². The van der Waals surface area contributed by atoms with E-state index < -0.39 is 5.79 Å². The minimum absolute atomic E-state index is 0.0346. The van der Waals surface area contributed by atoms with E-state index in [1.165, 1.54) is 7.11 Å². The number of aromatic nitrogens is 3. The van der Waals surface area contributed by atoms with Crippen molar-refractivity contribution in [1.82, 2.24) is 14.5 Å². The SMILES string of the molecule is COC(=O)[C@H]1C[C@@H](n2ccc3c(C)ncnc32)[C@@H]2OC(C)(C)O[C@@H]21. The minimum atomic E-state index is -0.714. The fraction of sp³-hybridized carbons (Fsp3) is 0.588. The molecule has 0 amide bonds. The number of fused-ring (bicyclic) bond motifs is 2. The molecule has 4 rings (SSSR count). The number of methoxy groups -OCH3 is 1. The summed E-state index contributed by atoms with van der Waals surface area (Å²) >= 11 is 0. The lowest BCUT2D eigenvalue weighted by molar-refractivity contribution is -0.169. The van der Waals surface area contributed by atoms with Gasteiger partial charge in [0.15, 0.2) is 5.79 Å². The Morgan fingerprint density at radius 1 is 1.33 bits per heavy atom. The summed E-state index contributed by atoms with van der Waals surface area (Å²) in [7, 11) is 1.41. The molecule has 4 atom stereocenters. The van der Waals surface area contributed by atoms with Crippen molar-refractivity contribution >= 4 is 17.0 Å². The highest BCUT2D eigenvalue weighted by Gasteiger charge is 2.57. The summed E-state index contributed by atoms with van der Waals surface area (Å²) < 4.78 is 19.2. The van der Waals surface area contributed by atoms with Gasteiger partial charge >= 0.3 is 5.97 Å². The van der Waals surface area contributed by atoms with E-state index in [-0.39, 0.29) is 30.1 Å². The fourth-order valence-corrected chi connectivity index (χ4v) is 3.97. The van der Waals surface area contributed by atoms with Gasteiger partial charge in [-0.2, -0.15) is 0 Å². The number of rotatable bonds is 2. The molecular formula is C17H21N3O4. The molecule has 2 aromatic rings. The third-order valence-electron chi connectivity index (χ3n) is 5.00. The van der Waals surface area contributed by atoms with Crippen LogP contribution >= 0.6 is 0 Å². The first-order valence-corrected chi connectivity index (χ1v) is 8.13. The van der Waals surface area contributed by atoms with E-state index in [1.807, 2.05) is 33.0 Å². The molecule has 2 fully saturated rings. The summed E-state index contributed by atoms with van der Waals surface area (Å²) in [6.45, 7) is 5.70. The highest BCUT2D eigenvalue weighted by molar-refractivity contribution is 5.78. The largest absolute Gasteiger partial charge is 0.469 e. The molecular weight excluding hydrogens is 310 g/mol. The van der Waals surface area contributed by atoms with Crippen LogP contribution in [-0.2, 0) is 19.0 Å². The van der Waals surface area contributed by atoms with Crippen molar-refractivity contribution in [2.75, 3.05) is 7.11 Å². The van der Waals surface area contributed by atoms with Crippen LogP contribution < -0.4 is 0 Å². The van der Waals surface area contributed by atoms with Gasteiger partial charge in [-0.3, -0.25) is 4.79 Å². The Labute approximate surface area is 139 Å². The fourth-order valence-electron chi connectivity index (χ4n) is 3.97. The Hall–Kier alpha value is -1.99. The lowest BCUT2D eigenvalue weighted by atomic mass is 10.1. The maximum atomic E-state index is 12.2. The number of carbonyl (C=O) groups excluding carboxylic acids is 1. The van der Waals surface area contributed by atoms with Crippen LogP contribution in [0.2, 0.25) is 0 Å². The number of hydrogen-bond donors (Lipinski definition) is 0. The predicted molar refractivity (Wildman–Crippen MR) is 85.3 cm³/mol. The van der Waals surface area contributed by atoms with Gasteiger partial charge in [-0.25, -0.2) is 9.97 Å². The first kappa shape index (κ1) is 15.5. The maximum absolute atomic E-state index is 12.2. The topological polar surface area (TPSA) is 75.5 Å². The molecule has 0 spiro atoms. The molecule has 2 aromatic heterocycles. The molecule has 1 saturated heterocycles. The van der Waals surface area contributed by atoms with Gasteiger partial charge in [-0.05, 0) is 33.3 Å². The molecule has 7 heteroatoms. The molecule has 0 aromatic carbocycles. The second-order valence-electron chi connectivity index (χ2n) is 6.92. The third-order valence-corrected chi connectivity index (χ3v) is 5.00. The molecule has 0 unspecified atom stereocenters. The lowest BCUT2D eigenvalue weighted by Crippen LogP contribution is -2.30. The standard InChI is InChI=1S/C17H21N3O4/c1-9-10-5-6-20(15(10)19-8-18-9)12-7-11(16(21)22-4)13-14(12)24-17(2,3)23-13/h5-6,8,11-14H,7H2,1-4H3/t11-,12+,13+,14-/m0/s1. The molecule has 0 N–H and O–H groups in total. The zero-order valence-electron chi connectivity index (χ0n) is 14.2. The van der Waals surface area contributed by atoms with Crippen LogP contribution in [0.3, 0.4) is 0 Å². The summed E-state index contributed by atoms with van der Waals surface area (Å²) in [5.41, 5.74) is 1.78. The Bertz CT molecular complexity index is 800. The molecule has 0 radical (unpaired) electrons. The number of ether oxygens (including phenoxy) is 3. The minimum Gasteiger partial charge on any atom is -0.469 e. The molecule has 7 nitrogen and oxygen atoms in total. The number of carbonyl (C=O) groups is 1. The zero-order chi connectivity index (χ0) is 17.1. The normalized spacial score (nSPS) is 31.3. The van der Waals surface area contributed by atoms with Gasteiger partial charge in [0.2, 0.25) is 0 Å². The summed E-state index contributed by atoms with van der Waals surface area (Å²) in [6, 6.07) is 1.97. The van der Waals surface area contributed by atoms with Crippen molar-refractivity contribution in [1.29, 1.82) is 0 Å². The Morgan fingerprint density at radius 2 is 2.08 bits per heavy atom. The molecule has 3 heterocycles. The Morgan fingerprint density at radius 3 is 2.83 bits per heavy atom. The predicted octanol–water partition coefficient (Wildman–Crippen LogP) is 1.99. The average molecular weight is 331 g/mol. The van der Waals surface area contributed by atoms with Crippen LogP contribution in [0, 0.1) is 12.8 Å². The van der Waals surface area contributed by atoms with Crippen LogP contribution in [0.4, 0.5) is 0 Å². The molecule has 2 aliphatic rings. The van der Waals surface area contributed by atoms with Gasteiger partial charge in [0.05, 0.1) is 24.8 Å². The van der Waals surface area contributed by atoms with Crippen molar-refractivity contribution < 1.29 is 19.0 Å². The number of hydrogen-bond acceptors (Lipinski definition) is 6. The number of esters is 1. The van der Waals surface area contributed by atoms with E-state index in [4.69, 9.17) is 14.2 Å². The van der Waals surface area contributed by atoms with E-state index in [0.29, 0.717) is 6.42 Å². The second-order valence-corrected chi connectivity index (χ2v) is 6.92. The van der Waals surface area contributed by atoms with E-state index in [1.54, 1.807) is 6.33 Å². The first-order chi connectivity index (χ1) is 11.4. The summed E-state index contributed by atoms with van der Waals surface area (Å²) in [5.74, 6) is -1.31. The van der Waals surface area contributed by atoms with Crippen LogP contribution in [0.25, 0.3) is 11.0 Å². The summed E-state index contributed by atoms with van der Waals surface area (Å²) in [4.78, 5) is 20.9. The molecule has 1 aliphatic heterocycles. The zero-order valence-corrected chi connectivity index (χ0v) is 14.2. The monoisotopic (exact) mass is 331 g/mol. The molecule has 1 aliphatic carbocycles. The van der Waals surface area contributed by atoms with Gasteiger partial charge in [0, 0.05) is 11.6 Å². The van der Waals surface area contributed by atoms with Crippen molar-refractivity contribution in [2.24, 2.45) is 5.92 Å². The van der Waals surface area contributed by atoms with Crippen LogP contribution in [0.5, 0.6) is 0 Å². The highest BCUT2D eigenvalue weighted by atomic mass is 16.8. The quantitative estimate of drug-likeness (QED) is 0.784. The van der Waals surface area contributed by atoms with Crippen molar-refractivity contribution in [3.8, 4) is 0 Å². The van der Waals surface area contributed by atoms with Gasteiger partial charge in [-0.1, -0.05) is 0 Å². The van der Waals surface area contributed by atoms with Crippen LogP contribution in [0.15, 0.2) is 18.6 Å². The van der Waals surface area contributed by atoms with E-state index in [0.717, 1.165) is 16.7 Å².